The van der Waals surface area contributed by atoms with E-state index in [2.05, 4.69) is 48.4 Å². The molecule has 1 saturated carbocycles. The molecule has 0 aliphatic heterocycles. The average Bonchev–Trinajstić information content (AvgIpc) is 3.16. The minimum absolute atomic E-state index is 0.0796. The highest BCUT2D eigenvalue weighted by Crippen LogP contribution is 2.26. The summed E-state index contributed by atoms with van der Waals surface area (Å²) >= 11 is 0. The highest BCUT2D eigenvalue weighted by molar-refractivity contribution is 5.76. The van der Waals surface area contributed by atoms with Crippen molar-refractivity contribution in [3.8, 4) is 11.4 Å². The number of aryl methyl sites for hydroxylation is 1. The lowest BCUT2D eigenvalue weighted by atomic mass is 9.84. The summed E-state index contributed by atoms with van der Waals surface area (Å²) in [6.07, 6.45) is 6.77. The van der Waals surface area contributed by atoms with Gasteiger partial charge < -0.3 is 9.84 Å². The maximum atomic E-state index is 12.2. The fourth-order valence-corrected chi connectivity index (χ4v) is 3.73. The summed E-state index contributed by atoms with van der Waals surface area (Å²) in [4.78, 5) is 16.6. The third-order valence-electron chi connectivity index (χ3n) is 5.66. The van der Waals surface area contributed by atoms with Crippen molar-refractivity contribution in [3.63, 3.8) is 0 Å². The van der Waals surface area contributed by atoms with Crippen molar-refractivity contribution in [2.24, 2.45) is 5.92 Å². The SMILES string of the molecule is CCC1CCC(NC(=O)CCc2nc(-c3ccc(C(C)C)cc3)no2)CC1. The summed E-state index contributed by atoms with van der Waals surface area (Å²) in [6.45, 7) is 6.59. The standard InChI is InChI=1S/C22H31N3O2/c1-4-16-5-11-19(12-6-16)23-20(26)13-14-21-24-22(25-27-21)18-9-7-17(8-10-18)15(2)3/h7-10,15-16,19H,4-6,11-14H2,1-3H3,(H,23,26). The summed E-state index contributed by atoms with van der Waals surface area (Å²) in [5.74, 6) is 2.51. The second-order valence-electron chi connectivity index (χ2n) is 7.98. The van der Waals surface area contributed by atoms with Gasteiger partial charge in [-0.05, 0) is 43.1 Å². The third kappa shape index (κ3) is 5.41. The minimum Gasteiger partial charge on any atom is -0.353 e. The van der Waals surface area contributed by atoms with E-state index in [0.717, 1.165) is 24.3 Å². The van der Waals surface area contributed by atoms with Crippen LogP contribution in [0, 0.1) is 5.92 Å². The summed E-state index contributed by atoms with van der Waals surface area (Å²) in [5.41, 5.74) is 2.22. The normalized spacial score (nSPS) is 20.0. The molecule has 1 aromatic heterocycles. The Kier molecular flexibility index (Phi) is 6.64. The smallest absolute Gasteiger partial charge is 0.227 e. The highest BCUT2D eigenvalue weighted by atomic mass is 16.5. The molecule has 3 rings (SSSR count). The zero-order valence-electron chi connectivity index (χ0n) is 16.7. The number of hydrogen-bond donors (Lipinski definition) is 1. The molecule has 1 aromatic carbocycles. The molecule has 146 valence electrons. The van der Waals surface area contributed by atoms with Crippen LogP contribution in [-0.4, -0.2) is 22.1 Å². The van der Waals surface area contributed by atoms with Crippen LogP contribution in [-0.2, 0) is 11.2 Å². The lowest BCUT2D eigenvalue weighted by molar-refractivity contribution is -0.122. The first-order chi connectivity index (χ1) is 13.0. The van der Waals surface area contributed by atoms with Crippen LogP contribution in [0.1, 0.15) is 76.7 Å². The van der Waals surface area contributed by atoms with E-state index in [-0.39, 0.29) is 5.91 Å². The Balaban J connectivity index is 1.47. The molecule has 1 fully saturated rings. The van der Waals surface area contributed by atoms with Crippen molar-refractivity contribution < 1.29 is 9.32 Å². The molecular formula is C22H31N3O2. The van der Waals surface area contributed by atoms with Crippen molar-refractivity contribution in [1.82, 2.24) is 15.5 Å². The fourth-order valence-electron chi connectivity index (χ4n) is 3.73. The van der Waals surface area contributed by atoms with Crippen molar-refractivity contribution >= 4 is 5.91 Å². The number of aromatic nitrogens is 2. The number of amides is 1. The summed E-state index contributed by atoms with van der Waals surface area (Å²) in [7, 11) is 0. The number of carbonyl (C=O) groups excluding carboxylic acids is 1. The van der Waals surface area contributed by atoms with Gasteiger partial charge in [-0.25, -0.2) is 0 Å². The van der Waals surface area contributed by atoms with Gasteiger partial charge in [0.25, 0.3) is 0 Å². The largest absolute Gasteiger partial charge is 0.353 e. The van der Waals surface area contributed by atoms with E-state index in [9.17, 15) is 4.79 Å². The van der Waals surface area contributed by atoms with Gasteiger partial charge in [0.2, 0.25) is 17.6 Å². The van der Waals surface area contributed by atoms with Crippen LogP contribution in [0.2, 0.25) is 0 Å². The molecule has 0 atom stereocenters. The number of nitrogens with one attached hydrogen (secondary N) is 1. The van der Waals surface area contributed by atoms with Gasteiger partial charge in [-0.2, -0.15) is 4.98 Å². The van der Waals surface area contributed by atoms with Crippen LogP contribution in [0.15, 0.2) is 28.8 Å². The topological polar surface area (TPSA) is 68.0 Å². The molecule has 0 radical (unpaired) electrons. The van der Waals surface area contributed by atoms with E-state index in [1.807, 2.05) is 12.1 Å². The highest BCUT2D eigenvalue weighted by Gasteiger charge is 2.21. The Bertz CT molecular complexity index is 728. The molecule has 2 aromatic rings. The molecule has 1 N–H and O–H groups in total. The Hall–Kier alpha value is -2.17. The summed E-state index contributed by atoms with van der Waals surface area (Å²) in [6, 6.07) is 8.55. The van der Waals surface area contributed by atoms with Crippen LogP contribution in [0.3, 0.4) is 0 Å². The molecule has 5 nitrogen and oxygen atoms in total. The zero-order chi connectivity index (χ0) is 19.2. The second-order valence-corrected chi connectivity index (χ2v) is 7.98. The first kappa shape index (κ1) is 19.6. The van der Waals surface area contributed by atoms with Gasteiger partial charge in [0.1, 0.15) is 0 Å². The van der Waals surface area contributed by atoms with Gasteiger partial charge in [0.05, 0.1) is 0 Å². The minimum atomic E-state index is 0.0796. The molecule has 0 spiro atoms. The average molecular weight is 370 g/mol. The van der Waals surface area contributed by atoms with Gasteiger partial charge in [0.15, 0.2) is 0 Å². The summed E-state index contributed by atoms with van der Waals surface area (Å²) < 4.78 is 5.32. The van der Waals surface area contributed by atoms with Crippen LogP contribution < -0.4 is 5.32 Å². The predicted molar refractivity (Wildman–Crippen MR) is 106 cm³/mol. The quantitative estimate of drug-likeness (QED) is 0.755. The number of carbonyl (C=O) groups is 1. The number of nitrogens with zero attached hydrogens (tertiary/aromatic N) is 2. The van der Waals surface area contributed by atoms with Gasteiger partial charge in [-0.15, -0.1) is 0 Å². The Morgan fingerprint density at radius 1 is 1.19 bits per heavy atom. The Morgan fingerprint density at radius 2 is 1.89 bits per heavy atom. The first-order valence-corrected chi connectivity index (χ1v) is 10.3. The maximum Gasteiger partial charge on any atom is 0.227 e. The molecule has 1 aliphatic carbocycles. The third-order valence-corrected chi connectivity index (χ3v) is 5.66. The van der Waals surface area contributed by atoms with Crippen molar-refractivity contribution in [2.45, 2.75) is 77.7 Å². The molecule has 27 heavy (non-hydrogen) atoms. The van der Waals surface area contributed by atoms with E-state index in [4.69, 9.17) is 4.52 Å². The van der Waals surface area contributed by atoms with E-state index in [0.29, 0.717) is 36.5 Å². The lowest BCUT2D eigenvalue weighted by Crippen LogP contribution is -2.37. The van der Waals surface area contributed by atoms with Gasteiger partial charge in [-0.3, -0.25) is 4.79 Å². The van der Waals surface area contributed by atoms with E-state index in [1.54, 1.807) is 0 Å². The first-order valence-electron chi connectivity index (χ1n) is 10.3. The van der Waals surface area contributed by atoms with E-state index in [1.165, 1.54) is 24.8 Å². The fraction of sp³-hybridized carbons (Fsp3) is 0.591. The van der Waals surface area contributed by atoms with Gasteiger partial charge >= 0.3 is 0 Å². The number of benzene rings is 1. The molecule has 0 unspecified atom stereocenters. The van der Waals surface area contributed by atoms with Crippen molar-refractivity contribution in [2.75, 3.05) is 0 Å². The lowest BCUT2D eigenvalue weighted by Gasteiger charge is -2.28. The number of rotatable bonds is 7. The molecule has 1 heterocycles. The monoisotopic (exact) mass is 369 g/mol. The zero-order valence-corrected chi connectivity index (χ0v) is 16.7. The molecular weight excluding hydrogens is 338 g/mol. The van der Waals surface area contributed by atoms with Gasteiger partial charge in [-0.1, -0.05) is 56.6 Å². The number of hydrogen-bond acceptors (Lipinski definition) is 4. The van der Waals surface area contributed by atoms with Crippen LogP contribution in [0.5, 0.6) is 0 Å². The molecule has 1 amide bonds. The Morgan fingerprint density at radius 3 is 2.52 bits per heavy atom. The molecule has 0 bridgehead atoms. The Labute approximate surface area is 161 Å². The van der Waals surface area contributed by atoms with Crippen molar-refractivity contribution in [1.29, 1.82) is 0 Å². The predicted octanol–water partition coefficient (Wildman–Crippen LogP) is 4.88. The van der Waals surface area contributed by atoms with Gasteiger partial charge in [0, 0.05) is 24.4 Å². The van der Waals surface area contributed by atoms with Crippen molar-refractivity contribution in [3.05, 3.63) is 35.7 Å². The molecule has 5 heteroatoms. The second kappa shape index (κ2) is 9.16. The van der Waals surface area contributed by atoms with Crippen LogP contribution in [0.4, 0.5) is 0 Å². The maximum absolute atomic E-state index is 12.2. The summed E-state index contributed by atoms with van der Waals surface area (Å²) in [5, 5.41) is 7.21. The van der Waals surface area contributed by atoms with E-state index >= 15 is 0 Å². The van der Waals surface area contributed by atoms with E-state index < -0.39 is 0 Å². The molecule has 0 saturated heterocycles. The van der Waals surface area contributed by atoms with Crippen LogP contribution >= 0.6 is 0 Å². The van der Waals surface area contributed by atoms with Crippen LogP contribution in [0.25, 0.3) is 11.4 Å². The molecule has 1 aliphatic rings.